The van der Waals surface area contributed by atoms with Crippen LogP contribution in [0.4, 0.5) is 10.1 Å². The Bertz CT molecular complexity index is 755. The molecule has 0 spiro atoms. The van der Waals surface area contributed by atoms with Crippen LogP contribution < -0.4 is 4.90 Å². The van der Waals surface area contributed by atoms with Crippen molar-refractivity contribution in [1.82, 2.24) is 14.8 Å². The minimum Gasteiger partial charge on any atom is -0.467 e. The fourth-order valence-corrected chi connectivity index (χ4v) is 2.38. The Kier molecular flexibility index (Phi) is 5.00. The Morgan fingerprint density at radius 1 is 1.25 bits per heavy atom. The Balaban J connectivity index is 1.68. The molecule has 124 valence electrons. The number of anilines is 1. The molecule has 0 saturated carbocycles. The van der Waals surface area contributed by atoms with Crippen LogP contribution in [0.5, 0.6) is 0 Å². The number of hydrogen-bond donors (Lipinski definition) is 0. The van der Waals surface area contributed by atoms with Gasteiger partial charge in [0.1, 0.15) is 24.2 Å². The second-order valence-corrected chi connectivity index (χ2v) is 5.30. The number of furan rings is 1. The number of halogens is 1. The zero-order chi connectivity index (χ0) is 16.8. The number of aromatic nitrogens is 3. The number of carbonyl (C=O) groups is 1. The summed E-state index contributed by atoms with van der Waals surface area (Å²) in [6, 6.07) is 9.44. The lowest BCUT2D eigenvalue weighted by molar-refractivity contribution is -0.119. The Morgan fingerprint density at radius 2 is 2.08 bits per heavy atom. The summed E-state index contributed by atoms with van der Waals surface area (Å²) in [6.45, 7) is 0.921. The Hall–Kier alpha value is -2.96. The van der Waals surface area contributed by atoms with Crippen molar-refractivity contribution >= 4 is 11.6 Å². The second-order valence-electron chi connectivity index (χ2n) is 5.30. The van der Waals surface area contributed by atoms with Gasteiger partial charge < -0.3 is 9.32 Å². The maximum Gasteiger partial charge on any atom is 0.227 e. The highest BCUT2D eigenvalue weighted by atomic mass is 19.1. The molecule has 7 heteroatoms. The molecule has 0 radical (unpaired) electrons. The minimum atomic E-state index is -0.338. The number of rotatable bonds is 7. The molecule has 3 rings (SSSR count). The van der Waals surface area contributed by atoms with Gasteiger partial charge in [0.25, 0.3) is 0 Å². The zero-order valence-corrected chi connectivity index (χ0v) is 13.0. The molecule has 0 fully saturated rings. The summed E-state index contributed by atoms with van der Waals surface area (Å²) in [5.41, 5.74) is 0.638. The molecule has 24 heavy (non-hydrogen) atoms. The maximum absolute atomic E-state index is 13.2. The van der Waals surface area contributed by atoms with Gasteiger partial charge in [-0.15, -0.1) is 0 Å². The third kappa shape index (κ3) is 4.07. The van der Waals surface area contributed by atoms with Crippen LogP contribution in [0.2, 0.25) is 0 Å². The van der Waals surface area contributed by atoms with E-state index in [1.165, 1.54) is 18.5 Å². The van der Waals surface area contributed by atoms with Gasteiger partial charge in [-0.3, -0.25) is 9.48 Å². The predicted octanol–water partition coefficient (Wildman–Crippen LogP) is 3.02. The van der Waals surface area contributed by atoms with Gasteiger partial charge in [0.15, 0.2) is 0 Å². The van der Waals surface area contributed by atoms with E-state index in [1.54, 1.807) is 46.4 Å². The molecule has 0 unspecified atom stereocenters. The zero-order valence-electron chi connectivity index (χ0n) is 13.0. The van der Waals surface area contributed by atoms with E-state index in [0.29, 0.717) is 37.4 Å². The maximum atomic E-state index is 13.2. The van der Waals surface area contributed by atoms with Gasteiger partial charge in [-0.05, 0) is 42.8 Å². The van der Waals surface area contributed by atoms with Crippen LogP contribution in [0.1, 0.15) is 18.6 Å². The number of carbonyl (C=O) groups excluding carboxylic acids is 1. The van der Waals surface area contributed by atoms with Gasteiger partial charge in [0.2, 0.25) is 5.91 Å². The first kappa shape index (κ1) is 15.9. The summed E-state index contributed by atoms with van der Waals surface area (Å²) in [7, 11) is 0. The second kappa shape index (κ2) is 7.54. The summed E-state index contributed by atoms with van der Waals surface area (Å²) in [6.07, 6.45) is 5.62. The van der Waals surface area contributed by atoms with Crippen LogP contribution >= 0.6 is 0 Å². The van der Waals surface area contributed by atoms with Crippen molar-refractivity contribution in [2.45, 2.75) is 25.9 Å². The molecule has 0 atom stereocenters. The average molecular weight is 328 g/mol. The summed E-state index contributed by atoms with van der Waals surface area (Å²) in [5, 5.41) is 4.01. The van der Waals surface area contributed by atoms with E-state index in [-0.39, 0.29) is 11.7 Å². The van der Waals surface area contributed by atoms with Crippen molar-refractivity contribution in [3.63, 3.8) is 0 Å². The molecule has 1 amide bonds. The number of hydrogen-bond acceptors (Lipinski definition) is 4. The molecular weight excluding hydrogens is 311 g/mol. The molecule has 3 aromatic rings. The third-order valence-electron chi connectivity index (χ3n) is 3.58. The average Bonchev–Trinajstić information content (AvgIpc) is 3.27. The number of aryl methyl sites for hydroxylation is 1. The van der Waals surface area contributed by atoms with E-state index >= 15 is 0 Å². The molecule has 0 aliphatic carbocycles. The van der Waals surface area contributed by atoms with E-state index in [2.05, 4.69) is 10.1 Å². The van der Waals surface area contributed by atoms with Crippen molar-refractivity contribution in [2.24, 2.45) is 0 Å². The van der Waals surface area contributed by atoms with E-state index < -0.39 is 0 Å². The van der Waals surface area contributed by atoms with Crippen LogP contribution in [0.25, 0.3) is 0 Å². The highest BCUT2D eigenvalue weighted by Gasteiger charge is 2.17. The molecule has 2 heterocycles. The van der Waals surface area contributed by atoms with Crippen molar-refractivity contribution < 1.29 is 13.6 Å². The molecule has 1 aromatic carbocycles. The highest BCUT2D eigenvalue weighted by molar-refractivity contribution is 5.93. The lowest BCUT2D eigenvalue weighted by atomic mass is 10.2. The van der Waals surface area contributed by atoms with Gasteiger partial charge in [-0.1, -0.05) is 0 Å². The van der Waals surface area contributed by atoms with Crippen LogP contribution in [-0.2, 0) is 17.9 Å². The topological polar surface area (TPSA) is 64.2 Å². The van der Waals surface area contributed by atoms with Crippen LogP contribution in [0.15, 0.2) is 59.7 Å². The largest absolute Gasteiger partial charge is 0.467 e. The summed E-state index contributed by atoms with van der Waals surface area (Å²) >= 11 is 0. The summed E-state index contributed by atoms with van der Waals surface area (Å²) in [4.78, 5) is 18.1. The number of nitrogens with zero attached hydrogens (tertiary/aromatic N) is 4. The smallest absolute Gasteiger partial charge is 0.227 e. The molecule has 0 bridgehead atoms. The minimum absolute atomic E-state index is 0.0573. The van der Waals surface area contributed by atoms with Crippen molar-refractivity contribution in [2.75, 3.05) is 4.90 Å². The molecule has 0 N–H and O–H groups in total. The van der Waals surface area contributed by atoms with Crippen molar-refractivity contribution in [1.29, 1.82) is 0 Å². The fraction of sp³-hybridized carbons (Fsp3) is 0.235. The molecule has 2 aromatic heterocycles. The molecule has 0 aliphatic heterocycles. The van der Waals surface area contributed by atoms with Gasteiger partial charge in [-0.25, -0.2) is 9.37 Å². The molecule has 0 aliphatic rings. The first-order valence-corrected chi connectivity index (χ1v) is 7.63. The Labute approximate surface area is 138 Å². The van der Waals surface area contributed by atoms with Gasteiger partial charge in [-0.2, -0.15) is 5.10 Å². The van der Waals surface area contributed by atoms with Gasteiger partial charge >= 0.3 is 0 Å². The first-order chi connectivity index (χ1) is 11.7. The number of benzene rings is 1. The van der Waals surface area contributed by atoms with E-state index in [4.69, 9.17) is 4.42 Å². The van der Waals surface area contributed by atoms with E-state index in [1.807, 2.05) is 0 Å². The van der Waals surface area contributed by atoms with Gasteiger partial charge in [0, 0.05) is 18.7 Å². The summed E-state index contributed by atoms with van der Waals surface area (Å²) in [5.74, 6) is 0.275. The van der Waals surface area contributed by atoms with E-state index in [9.17, 15) is 9.18 Å². The summed E-state index contributed by atoms with van der Waals surface area (Å²) < 4.78 is 20.2. The van der Waals surface area contributed by atoms with Crippen LogP contribution in [-0.4, -0.2) is 20.7 Å². The lowest BCUT2D eigenvalue weighted by Gasteiger charge is -2.22. The number of amides is 1. The quantitative estimate of drug-likeness (QED) is 0.669. The highest BCUT2D eigenvalue weighted by Crippen LogP contribution is 2.20. The predicted molar refractivity (Wildman–Crippen MR) is 85.6 cm³/mol. The lowest BCUT2D eigenvalue weighted by Crippen LogP contribution is -2.30. The standard InChI is InChI=1S/C17H17FN4O2/c18-14-5-7-15(8-6-14)22(11-16-3-2-10-24-16)17(23)4-1-9-21-13-19-12-20-21/h2-3,5-8,10,12-13H,1,4,9,11H2. The molecular formula is C17H17FN4O2. The molecule has 0 saturated heterocycles. The monoisotopic (exact) mass is 328 g/mol. The van der Waals surface area contributed by atoms with Crippen molar-refractivity contribution in [3.8, 4) is 0 Å². The fourth-order valence-electron chi connectivity index (χ4n) is 2.38. The van der Waals surface area contributed by atoms with Crippen molar-refractivity contribution in [3.05, 3.63) is 66.9 Å². The van der Waals surface area contributed by atoms with Gasteiger partial charge in [0.05, 0.1) is 12.8 Å². The van der Waals surface area contributed by atoms with Crippen LogP contribution in [0.3, 0.4) is 0 Å². The molecule has 6 nitrogen and oxygen atoms in total. The first-order valence-electron chi connectivity index (χ1n) is 7.63. The normalized spacial score (nSPS) is 10.7. The van der Waals surface area contributed by atoms with E-state index in [0.717, 1.165) is 0 Å². The SMILES string of the molecule is O=C(CCCn1cncn1)N(Cc1ccco1)c1ccc(F)cc1. The third-order valence-corrected chi connectivity index (χ3v) is 3.58. The Morgan fingerprint density at radius 3 is 2.75 bits per heavy atom. The van der Waals surface area contributed by atoms with Crippen LogP contribution in [0, 0.1) is 5.82 Å².